The van der Waals surface area contributed by atoms with E-state index < -0.39 is 17.6 Å². The Morgan fingerprint density at radius 2 is 1.81 bits per heavy atom. The largest absolute Gasteiger partial charge is 0.483 e. The lowest BCUT2D eigenvalue weighted by Crippen LogP contribution is -2.16. The Morgan fingerprint density at radius 3 is 2.41 bits per heavy atom. The second-order valence-electron chi connectivity index (χ2n) is 7.09. The third-order valence-corrected chi connectivity index (χ3v) is 5.41. The smallest absolute Gasteiger partial charge is 0.416 e. The molecule has 3 N–H and O–H groups in total. The third kappa shape index (κ3) is 6.19. The van der Waals surface area contributed by atoms with Gasteiger partial charge in [-0.3, -0.25) is 14.2 Å². The topological polar surface area (TPSA) is 131 Å². The van der Waals surface area contributed by atoms with Gasteiger partial charge in [0.2, 0.25) is 11.8 Å². The lowest BCUT2D eigenvalue weighted by Gasteiger charge is -2.11. The van der Waals surface area contributed by atoms with Crippen molar-refractivity contribution in [2.75, 3.05) is 17.7 Å². The minimum absolute atomic E-state index is 0.0466. The van der Waals surface area contributed by atoms with E-state index in [1.807, 2.05) is 0 Å². The van der Waals surface area contributed by atoms with Crippen molar-refractivity contribution in [3.05, 3.63) is 63.8 Å². The van der Waals surface area contributed by atoms with Gasteiger partial charge >= 0.3 is 6.18 Å². The average molecular weight is 557 g/mol. The number of benzene rings is 1. The summed E-state index contributed by atoms with van der Waals surface area (Å²) >= 11 is 12.4. The zero-order valence-electron chi connectivity index (χ0n) is 19.0. The molecule has 0 unspecified atom stereocenters. The van der Waals surface area contributed by atoms with Crippen molar-refractivity contribution in [3.8, 4) is 5.88 Å². The number of aryl methyl sites for hydroxylation is 1. The number of methoxy groups -OCH3 is 1. The predicted molar refractivity (Wildman–Crippen MR) is 131 cm³/mol. The van der Waals surface area contributed by atoms with Gasteiger partial charge in [-0.25, -0.2) is 9.97 Å². The molecule has 1 aromatic carbocycles. The Balaban J connectivity index is 0.00000121. The second kappa shape index (κ2) is 11.3. The molecule has 0 aliphatic carbocycles. The number of nitrogens with zero attached hydrogens (tertiary/aromatic N) is 4. The van der Waals surface area contributed by atoms with Crippen LogP contribution in [0.25, 0.3) is 11.2 Å². The molecular weight excluding hydrogens is 540 g/mol. The van der Waals surface area contributed by atoms with E-state index in [1.54, 1.807) is 29.8 Å². The number of fused-ring (bicyclic) bond motifs is 1. The number of ether oxygens (including phenoxy) is 1. The van der Waals surface area contributed by atoms with Gasteiger partial charge < -0.3 is 20.5 Å². The molecule has 0 radical (unpaired) electrons. The van der Waals surface area contributed by atoms with Gasteiger partial charge in [0, 0.05) is 13.2 Å². The number of hydrogen-bond donors (Lipinski definition) is 3. The predicted octanol–water partition coefficient (Wildman–Crippen LogP) is 5.39. The summed E-state index contributed by atoms with van der Waals surface area (Å²) in [5.74, 6) is -0.773. The van der Waals surface area contributed by atoms with Crippen molar-refractivity contribution in [2.45, 2.75) is 6.18 Å². The highest BCUT2D eigenvalue weighted by molar-refractivity contribution is 6.39. The summed E-state index contributed by atoms with van der Waals surface area (Å²) in [6.07, 6.45) is -3.63. The molecule has 1 amide bonds. The van der Waals surface area contributed by atoms with Crippen molar-refractivity contribution < 1.29 is 32.6 Å². The van der Waals surface area contributed by atoms with Crippen LogP contribution in [0.1, 0.15) is 15.9 Å². The molecule has 4 rings (SSSR count). The molecule has 0 spiro atoms. The summed E-state index contributed by atoms with van der Waals surface area (Å²) in [5, 5.41) is 13.0. The molecule has 15 heteroatoms. The molecule has 0 saturated carbocycles. The van der Waals surface area contributed by atoms with Gasteiger partial charge in [0.1, 0.15) is 16.9 Å². The summed E-state index contributed by atoms with van der Waals surface area (Å²) < 4.78 is 45.7. The molecule has 10 nitrogen and oxygen atoms in total. The summed E-state index contributed by atoms with van der Waals surface area (Å²) in [5.41, 5.74) is 0.129. The summed E-state index contributed by atoms with van der Waals surface area (Å²) in [4.78, 5) is 33.7. The van der Waals surface area contributed by atoms with Gasteiger partial charge in [-0.05, 0) is 30.3 Å². The monoisotopic (exact) mass is 556 g/mol. The molecule has 3 aromatic heterocycles. The first-order chi connectivity index (χ1) is 17.5. The molecule has 0 bridgehead atoms. The maximum atomic E-state index is 13.0. The van der Waals surface area contributed by atoms with Gasteiger partial charge in [0.25, 0.3) is 12.4 Å². The van der Waals surface area contributed by atoms with Crippen LogP contribution in [0.15, 0.2) is 42.6 Å². The Hall–Kier alpha value is -4.10. The minimum Gasteiger partial charge on any atom is -0.483 e. The number of hydrogen-bond acceptors (Lipinski definition) is 7. The Bertz CT molecular complexity index is 1440. The van der Waals surface area contributed by atoms with Gasteiger partial charge in [-0.15, -0.1) is 0 Å². The second-order valence-corrected chi connectivity index (χ2v) is 7.91. The Morgan fingerprint density at radius 1 is 1.16 bits per heavy atom. The number of alkyl halides is 3. The zero-order valence-corrected chi connectivity index (χ0v) is 20.5. The zero-order chi connectivity index (χ0) is 27.3. The van der Waals surface area contributed by atoms with E-state index in [2.05, 4.69) is 25.6 Å². The number of aromatic nitrogens is 4. The van der Waals surface area contributed by atoms with Crippen LogP contribution in [0.4, 0.5) is 30.6 Å². The molecule has 0 atom stereocenters. The highest BCUT2D eigenvalue weighted by atomic mass is 35.5. The Labute approximate surface area is 217 Å². The first-order valence-corrected chi connectivity index (χ1v) is 10.8. The van der Waals surface area contributed by atoms with Crippen LogP contribution >= 0.6 is 23.2 Å². The van der Waals surface area contributed by atoms with E-state index in [9.17, 15) is 18.0 Å². The molecule has 0 aliphatic rings. The molecule has 0 aliphatic heterocycles. The van der Waals surface area contributed by atoms with Crippen LogP contribution in [0.2, 0.25) is 10.0 Å². The number of amides is 1. The van der Waals surface area contributed by atoms with Crippen LogP contribution < -0.4 is 15.4 Å². The number of nitrogens with one attached hydrogen (secondary N) is 2. The number of imidazole rings is 1. The molecule has 194 valence electrons. The van der Waals surface area contributed by atoms with Crippen molar-refractivity contribution in [2.24, 2.45) is 7.05 Å². The third-order valence-electron chi connectivity index (χ3n) is 4.78. The molecule has 0 fully saturated rings. The summed E-state index contributed by atoms with van der Waals surface area (Å²) in [6.45, 7) is -0.250. The van der Waals surface area contributed by atoms with Crippen LogP contribution in [0.3, 0.4) is 0 Å². The number of anilines is 3. The maximum Gasteiger partial charge on any atom is 0.416 e. The fraction of sp³-hybridized carbons (Fsp3) is 0.136. The number of carbonyl (C=O) groups is 2. The number of carbonyl (C=O) groups excluding carboxylic acids is 1. The number of para-hydroxylation sites is 1. The lowest BCUT2D eigenvalue weighted by molar-refractivity contribution is -0.137. The molecule has 4 aromatic rings. The minimum atomic E-state index is -4.58. The number of rotatable bonds is 5. The molecule has 37 heavy (non-hydrogen) atoms. The highest BCUT2D eigenvalue weighted by Gasteiger charge is 2.31. The molecular formula is C22H17Cl2F3N6O4. The van der Waals surface area contributed by atoms with Gasteiger partial charge in [-0.1, -0.05) is 29.3 Å². The van der Waals surface area contributed by atoms with Crippen molar-refractivity contribution in [1.29, 1.82) is 0 Å². The number of pyridine rings is 2. The normalized spacial score (nSPS) is 10.9. The lowest BCUT2D eigenvalue weighted by atomic mass is 10.2. The fourth-order valence-corrected chi connectivity index (χ4v) is 3.61. The van der Waals surface area contributed by atoms with E-state index >= 15 is 0 Å². The van der Waals surface area contributed by atoms with Crippen LogP contribution in [0, 0.1) is 0 Å². The van der Waals surface area contributed by atoms with Crippen molar-refractivity contribution >= 4 is 64.2 Å². The van der Waals surface area contributed by atoms with E-state index in [0.717, 1.165) is 18.3 Å². The molecule has 0 saturated heterocycles. The van der Waals surface area contributed by atoms with Gasteiger partial charge in [0.05, 0.1) is 28.4 Å². The fourth-order valence-electron chi connectivity index (χ4n) is 3.11. The average Bonchev–Trinajstić information content (AvgIpc) is 3.15. The van der Waals surface area contributed by atoms with Crippen molar-refractivity contribution in [3.63, 3.8) is 0 Å². The quantitative estimate of drug-likeness (QED) is 0.278. The summed E-state index contributed by atoms with van der Waals surface area (Å²) in [6, 6.07) is 7.95. The van der Waals surface area contributed by atoms with Crippen LogP contribution in [0.5, 0.6) is 5.88 Å². The van der Waals surface area contributed by atoms with E-state index in [4.69, 9.17) is 37.8 Å². The van der Waals surface area contributed by atoms with Crippen LogP contribution in [-0.4, -0.2) is 44.1 Å². The maximum absolute atomic E-state index is 13.0. The first kappa shape index (κ1) is 27.5. The summed E-state index contributed by atoms with van der Waals surface area (Å²) in [7, 11) is 2.99. The number of carboxylic acid groups (broad SMARTS) is 1. The highest BCUT2D eigenvalue weighted by Crippen LogP contribution is 2.34. The van der Waals surface area contributed by atoms with Gasteiger partial charge in [-0.2, -0.15) is 18.2 Å². The van der Waals surface area contributed by atoms with E-state index in [0.29, 0.717) is 32.8 Å². The van der Waals surface area contributed by atoms with Crippen LogP contribution in [-0.2, 0) is 18.0 Å². The molecule has 3 heterocycles. The number of halogens is 5. The first-order valence-electron chi connectivity index (χ1n) is 10.0. The standard InChI is InChI=1S/C21H15Cl2F3N6O2.CH2O2/c1-32-17-14(28-20(32)30-16-12(22)4-3-5-13(16)23)9-11(19(31-17)34-2)18(33)29-15-8-10(6-7-27-15)21(24,25)26;2-1-3/h3-9H,1-2H3,(H,28,30)(H,27,29,33);1H,(H,2,3). The van der Waals surface area contributed by atoms with E-state index in [1.165, 1.54) is 13.2 Å². The Kier molecular flexibility index (Phi) is 8.40. The van der Waals surface area contributed by atoms with Gasteiger partial charge in [0.15, 0.2) is 5.65 Å². The van der Waals surface area contributed by atoms with Crippen molar-refractivity contribution in [1.82, 2.24) is 19.5 Å². The SMILES string of the molecule is COc1nc2c(cc1C(=O)Nc1cc(C(F)(F)F)ccn1)nc(Nc1c(Cl)cccc1Cl)n2C.O=CO. The van der Waals surface area contributed by atoms with E-state index in [-0.39, 0.29) is 23.7 Å².